The molecule has 0 spiro atoms. The molecular weight excluding hydrogens is 422 g/mol. The minimum absolute atomic E-state index is 0.300. The van der Waals surface area contributed by atoms with E-state index in [0.29, 0.717) is 45.0 Å². The number of amides is 1. The maximum Gasteiger partial charge on any atom is 0.344 e. The summed E-state index contributed by atoms with van der Waals surface area (Å²) in [5.74, 6) is 0.298. The van der Waals surface area contributed by atoms with Gasteiger partial charge in [0.25, 0.3) is 5.91 Å². The second kappa shape index (κ2) is 8.35. The van der Waals surface area contributed by atoms with Gasteiger partial charge in [-0.15, -0.1) is 0 Å². The molecule has 166 valence electrons. The molecule has 0 radical (unpaired) electrons. The van der Waals surface area contributed by atoms with Crippen LogP contribution in [0.5, 0.6) is 17.2 Å². The van der Waals surface area contributed by atoms with E-state index in [1.54, 1.807) is 55.6 Å². The van der Waals surface area contributed by atoms with Gasteiger partial charge >= 0.3 is 5.63 Å². The first-order valence-corrected chi connectivity index (χ1v) is 10.4. The summed E-state index contributed by atoms with van der Waals surface area (Å²) in [4.78, 5) is 26.4. The SMILES string of the molecule is COc1ccc([C@H]2c3c(c4ccccc4oc3=O)O[C@H]2C(=O)Nc2ccccc2)cc1OC. The van der Waals surface area contributed by atoms with Crippen LogP contribution >= 0.6 is 0 Å². The topological polar surface area (TPSA) is 87.0 Å². The Morgan fingerprint density at radius 1 is 0.909 bits per heavy atom. The fraction of sp³-hybridized carbons (Fsp3) is 0.154. The van der Waals surface area contributed by atoms with Gasteiger partial charge in [-0.05, 0) is 42.0 Å². The van der Waals surface area contributed by atoms with Crippen molar-refractivity contribution in [2.45, 2.75) is 12.0 Å². The summed E-state index contributed by atoms with van der Waals surface area (Å²) < 4.78 is 22.6. The fourth-order valence-electron chi connectivity index (χ4n) is 4.20. The molecule has 1 N–H and O–H groups in total. The molecule has 0 saturated carbocycles. The number of benzene rings is 3. The number of ether oxygens (including phenoxy) is 3. The Hall–Kier alpha value is -4.26. The second-order valence-corrected chi connectivity index (χ2v) is 7.61. The largest absolute Gasteiger partial charge is 0.493 e. The highest BCUT2D eigenvalue weighted by atomic mass is 16.5. The number of rotatable bonds is 5. The zero-order valence-corrected chi connectivity index (χ0v) is 18.0. The number of methoxy groups -OCH3 is 2. The maximum absolute atomic E-state index is 13.4. The number of carbonyl (C=O) groups excluding carboxylic acids is 1. The van der Waals surface area contributed by atoms with Crippen LogP contribution in [-0.2, 0) is 4.79 Å². The van der Waals surface area contributed by atoms with Crippen molar-refractivity contribution in [2.75, 3.05) is 19.5 Å². The van der Waals surface area contributed by atoms with E-state index >= 15 is 0 Å². The van der Waals surface area contributed by atoms with Gasteiger partial charge in [0.1, 0.15) is 11.3 Å². The summed E-state index contributed by atoms with van der Waals surface area (Å²) >= 11 is 0. The van der Waals surface area contributed by atoms with Crippen LogP contribution in [0.25, 0.3) is 11.0 Å². The van der Waals surface area contributed by atoms with Gasteiger partial charge in [-0.1, -0.05) is 36.4 Å². The lowest BCUT2D eigenvalue weighted by molar-refractivity contribution is -0.122. The molecule has 0 bridgehead atoms. The molecule has 3 aromatic carbocycles. The van der Waals surface area contributed by atoms with E-state index in [1.165, 1.54) is 7.11 Å². The van der Waals surface area contributed by atoms with E-state index in [9.17, 15) is 9.59 Å². The monoisotopic (exact) mass is 443 g/mol. The molecular formula is C26H21NO6. The highest BCUT2D eigenvalue weighted by Gasteiger charge is 2.44. The van der Waals surface area contributed by atoms with E-state index in [0.717, 1.165) is 0 Å². The van der Waals surface area contributed by atoms with Crippen molar-refractivity contribution in [1.29, 1.82) is 0 Å². The van der Waals surface area contributed by atoms with Crippen molar-refractivity contribution in [3.63, 3.8) is 0 Å². The van der Waals surface area contributed by atoms with Crippen molar-refractivity contribution in [1.82, 2.24) is 0 Å². The summed E-state index contributed by atoms with van der Waals surface area (Å²) in [5, 5.41) is 3.52. The first kappa shape index (κ1) is 20.6. The van der Waals surface area contributed by atoms with Crippen LogP contribution in [0, 0.1) is 0 Å². The first-order chi connectivity index (χ1) is 16.1. The van der Waals surface area contributed by atoms with Gasteiger partial charge in [-0.25, -0.2) is 4.79 Å². The molecule has 0 fully saturated rings. The molecule has 1 amide bonds. The van der Waals surface area contributed by atoms with Crippen molar-refractivity contribution < 1.29 is 23.4 Å². The highest BCUT2D eigenvalue weighted by molar-refractivity contribution is 5.97. The Morgan fingerprint density at radius 3 is 2.39 bits per heavy atom. The van der Waals surface area contributed by atoms with Crippen molar-refractivity contribution in [3.8, 4) is 17.2 Å². The standard InChI is InChI=1S/C26H21NO6/c1-30-19-13-12-15(14-20(19)31-2)21-22-23(17-10-6-7-11-18(17)32-26(22)29)33-24(21)25(28)27-16-8-4-3-5-9-16/h3-14,21,24H,1-2H3,(H,27,28)/t21-,24+/m0/s1. The predicted octanol–water partition coefficient (Wildman–Crippen LogP) is 4.34. The Balaban J connectivity index is 1.66. The summed E-state index contributed by atoms with van der Waals surface area (Å²) in [6.07, 6.45) is -0.994. The third-order valence-corrected chi connectivity index (χ3v) is 5.72. The number of carbonyl (C=O) groups is 1. The van der Waals surface area contributed by atoms with Crippen LogP contribution in [0.15, 0.2) is 82.0 Å². The van der Waals surface area contributed by atoms with Crippen molar-refractivity contribution >= 4 is 22.6 Å². The lowest BCUT2D eigenvalue weighted by Crippen LogP contribution is -2.35. The smallest absolute Gasteiger partial charge is 0.344 e. The van der Waals surface area contributed by atoms with Gasteiger partial charge in [0.2, 0.25) is 0 Å². The van der Waals surface area contributed by atoms with Crippen molar-refractivity contribution in [2.24, 2.45) is 0 Å². The van der Waals surface area contributed by atoms with Gasteiger partial charge in [0.05, 0.1) is 31.1 Å². The minimum Gasteiger partial charge on any atom is -0.493 e. The van der Waals surface area contributed by atoms with Crippen LogP contribution in [0.4, 0.5) is 5.69 Å². The average molecular weight is 443 g/mol. The first-order valence-electron chi connectivity index (χ1n) is 10.4. The van der Waals surface area contributed by atoms with E-state index in [2.05, 4.69) is 5.32 Å². The summed E-state index contributed by atoms with van der Waals surface area (Å²) in [5.41, 5.74) is 1.45. The third kappa shape index (κ3) is 3.57. The van der Waals surface area contributed by atoms with Gasteiger partial charge < -0.3 is 23.9 Å². The van der Waals surface area contributed by atoms with Gasteiger partial charge in [-0.3, -0.25) is 4.79 Å². The van der Waals surface area contributed by atoms with E-state index in [1.807, 2.05) is 24.3 Å². The van der Waals surface area contributed by atoms with Crippen LogP contribution in [0.3, 0.4) is 0 Å². The Labute approximate surface area is 189 Å². The Kier molecular flexibility index (Phi) is 5.22. The molecule has 7 nitrogen and oxygen atoms in total. The van der Waals surface area contributed by atoms with Crippen LogP contribution in [-0.4, -0.2) is 26.2 Å². The maximum atomic E-state index is 13.4. The van der Waals surface area contributed by atoms with Crippen LogP contribution in [0.1, 0.15) is 17.0 Å². The summed E-state index contributed by atoms with van der Waals surface area (Å²) in [6.45, 7) is 0. The van der Waals surface area contributed by atoms with Gasteiger partial charge in [0.15, 0.2) is 17.6 Å². The summed E-state index contributed by atoms with van der Waals surface area (Å²) in [6, 6.07) is 21.5. The molecule has 1 aliphatic rings. The number of para-hydroxylation sites is 2. The fourth-order valence-corrected chi connectivity index (χ4v) is 4.20. The molecule has 0 unspecified atom stereocenters. The number of hydrogen-bond acceptors (Lipinski definition) is 6. The zero-order chi connectivity index (χ0) is 22.9. The molecule has 2 heterocycles. The molecule has 7 heteroatoms. The Morgan fingerprint density at radius 2 is 1.64 bits per heavy atom. The third-order valence-electron chi connectivity index (χ3n) is 5.72. The lowest BCUT2D eigenvalue weighted by Gasteiger charge is -2.20. The number of nitrogens with one attached hydrogen (secondary N) is 1. The predicted molar refractivity (Wildman–Crippen MR) is 123 cm³/mol. The Bertz CT molecular complexity index is 1400. The number of anilines is 1. The molecule has 0 saturated heterocycles. The van der Waals surface area contributed by atoms with Gasteiger partial charge in [0, 0.05) is 5.69 Å². The molecule has 0 aliphatic carbocycles. The average Bonchev–Trinajstić information content (AvgIpc) is 3.26. The molecule has 1 aromatic heterocycles. The second-order valence-electron chi connectivity index (χ2n) is 7.61. The van der Waals surface area contributed by atoms with Crippen LogP contribution < -0.4 is 25.2 Å². The summed E-state index contributed by atoms with van der Waals surface area (Å²) in [7, 11) is 3.07. The van der Waals surface area contributed by atoms with Gasteiger partial charge in [-0.2, -0.15) is 0 Å². The number of hydrogen-bond donors (Lipinski definition) is 1. The zero-order valence-electron chi connectivity index (χ0n) is 18.0. The minimum atomic E-state index is -0.994. The molecule has 33 heavy (non-hydrogen) atoms. The normalized spacial score (nSPS) is 16.7. The highest BCUT2D eigenvalue weighted by Crippen LogP contribution is 2.46. The molecule has 4 aromatic rings. The molecule has 5 rings (SSSR count). The molecule has 2 atom stereocenters. The molecule has 1 aliphatic heterocycles. The number of fused-ring (bicyclic) bond motifs is 3. The van der Waals surface area contributed by atoms with E-state index in [-0.39, 0.29) is 5.91 Å². The quantitative estimate of drug-likeness (QED) is 0.462. The van der Waals surface area contributed by atoms with E-state index in [4.69, 9.17) is 18.6 Å². The lowest BCUT2D eigenvalue weighted by atomic mass is 9.88. The van der Waals surface area contributed by atoms with Crippen molar-refractivity contribution in [3.05, 3.63) is 94.3 Å². The van der Waals surface area contributed by atoms with E-state index < -0.39 is 17.6 Å². The van der Waals surface area contributed by atoms with Crippen LogP contribution in [0.2, 0.25) is 0 Å².